The largest absolute Gasteiger partial charge is 0.364 e. The van der Waals surface area contributed by atoms with Gasteiger partial charge < -0.3 is 10.2 Å². The maximum Gasteiger partial charge on any atom is 0.364 e. The highest BCUT2D eigenvalue weighted by atomic mass is 16.7. The summed E-state index contributed by atoms with van der Waals surface area (Å²) >= 11 is 0. The molecule has 0 bridgehead atoms. The van der Waals surface area contributed by atoms with Crippen LogP contribution in [0.4, 0.5) is 5.69 Å². The van der Waals surface area contributed by atoms with E-state index in [4.69, 9.17) is 4.84 Å². The van der Waals surface area contributed by atoms with Gasteiger partial charge in [-0.2, -0.15) is 0 Å². The summed E-state index contributed by atoms with van der Waals surface area (Å²) in [5.41, 5.74) is 1.50. The van der Waals surface area contributed by atoms with Gasteiger partial charge in [0.1, 0.15) is 0 Å². The number of carbonyl (C=O) groups is 4. The van der Waals surface area contributed by atoms with Crippen LogP contribution < -0.4 is 5.32 Å². The van der Waals surface area contributed by atoms with Crippen LogP contribution in [0.3, 0.4) is 0 Å². The summed E-state index contributed by atoms with van der Waals surface area (Å²) in [5, 5.41) is 3.01. The Balaban J connectivity index is 1.85. The molecular formula is C18H14N2O5. The third-order valence-corrected chi connectivity index (χ3v) is 3.71. The number of fused-ring (bicyclic) bond motifs is 1. The average molecular weight is 338 g/mol. The Kier molecular flexibility index (Phi) is 4.06. The van der Waals surface area contributed by atoms with E-state index in [0.717, 1.165) is 0 Å². The van der Waals surface area contributed by atoms with Crippen LogP contribution in [-0.2, 0) is 9.63 Å². The Hall–Kier alpha value is -3.48. The number of nitrogens with one attached hydrogen (secondary N) is 1. The van der Waals surface area contributed by atoms with Crippen molar-refractivity contribution in [2.24, 2.45) is 0 Å². The van der Waals surface area contributed by atoms with Crippen LogP contribution in [0.1, 0.15) is 43.6 Å². The van der Waals surface area contributed by atoms with E-state index in [2.05, 4.69) is 5.32 Å². The molecule has 2 aromatic rings. The number of imide groups is 1. The quantitative estimate of drug-likeness (QED) is 0.867. The lowest BCUT2D eigenvalue weighted by molar-refractivity contribution is -0.114. The number of carbonyl (C=O) groups excluding carboxylic acids is 4. The minimum Gasteiger partial charge on any atom is -0.326 e. The summed E-state index contributed by atoms with van der Waals surface area (Å²) in [6.45, 7) is 3.02. The van der Waals surface area contributed by atoms with Crippen molar-refractivity contribution in [1.29, 1.82) is 0 Å². The van der Waals surface area contributed by atoms with Crippen LogP contribution in [0, 0.1) is 6.92 Å². The first kappa shape index (κ1) is 16.4. The summed E-state index contributed by atoms with van der Waals surface area (Å²) in [5.74, 6) is -2.53. The second kappa shape index (κ2) is 6.20. The Bertz CT molecular complexity index is 884. The van der Waals surface area contributed by atoms with Crippen molar-refractivity contribution in [2.45, 2.75) is 13.8 Å². The van der Waals surface area contributed by atoms with Crippen molar-refractivity contribution < 1.29 is 24.0 Å². The lowest BCUT2D eigenvalue weighted by Gasteiger charge is -2.14. The van der Waals surface area contributed by atoms with Crippen molar-refractivity contribution in [2.75, 3.05) is 5.32 Å². The van der Waals surface area contributed by atoms with Gasteiger partial charge in [-0.15, -0.1) is 0 Å². The van der Waals surface area contributed by atoms with E-state index in [1.807, 2.05) is 0 Å². The Morgan fingerprint density at radius 1 is 1.00 bits per heavy atom. The molecule has 126 valence electrons. The number of aryl methyl sites for hydroxylation is 1. The molecule has 0 saturated heterocycles. The number of amides is 3. The van der Waals surface area contributed by atoms with Crippen LogP contribution in [0.15, 0.2) is 42.5 Å². The molecule has 1 N–H and O–H groups in total. The fourth-order valence-electron chi connectivity index (χ4n) is 2.51. The fraction of sp³-hybridized carbons (Fsp3) is 0.111. The van der Waals surface area contributed by atoms with Gasteiger partial charge in [0.05, 0.1) is 16.7 Å². The number of anilines is 1. The van der Waals surface area contributed by atoms with Gasteiger partial charge >= 0.3 is 5.97 Å². The molecule has 0 unspecified atom stereocenters. The molecule has 2 aromatic carbocycles. The van der Waals surface area contributed by atoms with Gasteiger partial charge in [0.2, 0.25) is 5.91 Å². The summed E-state index contributed by atoms with van der Waals surface area (Å²) in [7, 11) is 0. The molecule has 3 rings (SSSR count). The van der Waals surface area contributed by atoms with E-state index in [1.54, 1.807) is 31.2 Å². The van der Waals surface area contributed by atoms with Crippen LogP contribution in [0.2, 0.25) is 0 Å². The summed E-state index contributed by atoms with van der Waals surface area (Å²) in [4.78, 5) is 53.1. The van der Waals surface area contributed by atoms with Crippen LogP contribution in [0.25, 0.3) is 0 Å². The van der Waals surface area contributed by atoms with E-state index in [0.29, 0.717) is 16.3 Å². The molecule has 0 radical (unpaired) electrons. The Morgan fingerprint density at radius 3 is 2.16 bits per heavy atom. The van der Waals surface area contributed by atoms with E-state index >= 15 is 0 Å². The topological polar surface area (TPSA) is 92.8 Å². The lowest BCUT2D eigenvalue weighted by Crippen LogP contribution is -2.32. The molecule has 25 heavy (non-hydrogen) atoms. The molecule has 1 aliphatic rings. The zero-order valence-electron chi connectivity index (χ0n) is 13.5. The van der Waals surface area contributed by atoms with E-state index < -0.39 is 17.8 Å². The van der Waals surface area contributed by atoms with Crippen LogP contribution in [-0.4, -0.2) is 28.8 Å². The zero-order chi connectivity index (χ0) is 18.1. The maximum atomic E-state index is 12.4. The number of nitrogens with zero attached hydrogens (tertiary/aromatic N) is 1. The third-order valence-electron chi connectivity index (χ3n) is 3.71. The molecule has 7 heteroatoms. The van der Waals surface area contributed by atoms with Gasteiger partial charge in [0.15, 0.2) is 0 Å². The minimum absolute atomic E-state index is 0.141. The number of benzene rings is 2. The van der Waals surface area contributed by atoms with Crippen molar-refractivity contribution in [3.05, 3.63) is 64.7 Å². The SMILES string of the molecule is CC(=O)Nc1ccc(C)c(C(=O)ON2C(=O)c3ccccc3C2=O)c1. The standard InChI is InChI=1S/C18H14N2O5/c1-10-7-8-12(19-11(2)21)9-15(10)18(24)25-20-16(22)13-5-3-4-6-14(13)17(20)23/h3-9H,1-2H3,(H,19,21). The van der Waals surface area contributed by atoms with Crippen molar-refractivity contribution in [3.8, 4) is 0 Å². The molecule has 0 aromatic heterocycles. The van der Waals surface area contributed by atoms with Gasteiger partial charge in [0.25, 0.3) is 11.8 Å². The van der Waals surface area contributed by atoms with Gasteiger partial charge in [-0.05, 0) is 36.8 Å². The van der Waals surface area contributed by atoms with Crippen molar-refractivity contribution in [1.82, 2.24) is 5.06 Å². The molecule has 1 heterocycles. The first-order chi connectivity index (χ1) is 11.9. The van der Waals surface area contributed by atoms with Gasteiger partial charge in [-0.1, -0.05) is 23.3 Å². The molecule has 0 saturated carbocycles. The molecule has 0 aliphatic carbocycles. The highest BCUT2D eigenvalue weighted by molar-refractivity contribution is 6.21. The average Bonchev–Trinajstić information content (AvgIpc) is 2.81. The predicted molar refractivity (Wildman–Crippen MR) is 87.8 cm³/mol. The maximum absolute atomic E-state index is 12.4. The van der Waals surface area contributed by atoms with E-state index in [1.165, 1.54) is 25.1 Å². The molecule has 1 aliphatic heterocycles. The second-order valence-corrected chi connectivity index (χ2v) is 5.54. The highest BCUT2D eigenvalue weighted by Gasteiger charge is 2.38. The summed E-state index contributed by atoms with van der Waals surface area (Å²) < 4.78 is 0. The van der Waals surface area contributed by atoms with E-state index in [-0.39, 0.29) is 22.6 Å². The summed E-state index contributed by atoms with van der Waals surface area (Å²) in [6, 6.07) is 10.9. The highest BCUT2D eigenvalue weighted by Crippen LogP contribution is 2.24. The van der Waals surface area contributed by atoms with Crippen molar-refractivity contribution in [3.63, 3.8) is 0 Å². The lowest BCUT2D eigenvalue weighted by atomic mass is 10.1. The normalized spacial score (nSPS) is 12.8. The predicted octanol–water partition coefficient (Wildman–Crippen LogP) is 2.32. The monoisotopic (exact) mass is 338 g/mol. The van der Waals surface area contributed by atoms with Gasteiger partial charge in [-0.3, -0.25) is 14.4 Å². The van der Waals surface area contributed by atoms with Crippen molar-refractivity contribution >= 4 is 29.4 Å². The first-order valence-electron chi connectivity index (χ1n) is 7.47. The third kappa shape index (κ3) is 2.99. The van der Waals surface area contributed by atoms with Crippen LogP contribution >= 0.6 is 0 Å². The number of hydrogen-bond donors (Lipinski definition) is 1. The molecular weight excluding hydrogens is 324 g/mol. The molecule has 3 amide bonds. The minimum atomic E-state index is -0.862. The fourth-order valence-corrected chi connectivity index (χ4v) is 2.51. The van der Waals surface area contributed by atoms with Gasteiger partial charge in [0, 0.05) is 12.6 Å². The second-order valence-electron chi connectivity index (χ2n) is 5.54. The number of rotatable bonds is 3. The smallest absolute Gasteiger partial charge is 0.326 e. The van der Waals surface area contributed by atoms with Crippen LogP contribution in [0.5, 0.6) is 0 Å². The van der Waals surface area contributed by atoms with E-state index in [9.17, 15) is 19.2 Å². The molecule has 7 nitrogen and oxygen atoms in total. The number of hydroxylamine groups is 2. The Morgan fingerprint density at radius 2 is 1.60 bits per heavy atom. The number of hydrogen-bond acceptors (Lipinski definition) is 5. The first-order valence-corrected chi connectivity index (χ1v) is 7.47. The summed E-state index contributed by atoms with van der Waals surface area (Å²) in [6.07, 6.45) is 0. The Labute approximate surface area is 143 Å². The zero-order valence-corrected chi connectivity index (χ0v) is 13.5. The molecule has 0 fully saturated rings. The molecule has 0 atom stereocenters. The van der Waals surface area contributed by atoms with Gasteiger partial charge in [-0.25, -0.2) is 4.79 Å². The molecule has 0 spiro atoms.